The third-order valence-corrected chi connectivity index (χ3v) is 5.44. The lowest BCUT2D eigenvalue weighted by Gasteiger charge is -2.13. The fourth-order valence-electron chi connectivity index (χ4n) is 3.14. The molecular weight excluding hydrogens is 382 g/mol. The second kappa shape index (κ2) is 8.41. The number of hydrogen-bond donors (Lipinski definition) is 2. The Morgan fingerprint density at radius 2 is 1.83 bits per heavy atom. The number of H-pyrrole nitrogens is 1. The van der Waals surface area contributed by atoms with Gasteiger partial charge in [-0.15, -0.1) is 11.8 Å². The van der Waals surface area contributed by atoms with Gasteiger partial charge in [0.05, 0.1) is 5.52 Å². The van der Waals surface area contributed by atoms with Gasteiger partial charge in [-0.1, -0.05) is 42.5 Å². The lowest BCUT2D eigenvalue weighted by atomic mass is 10.0. The molecule has 0 aliphatic carbocycles. The van der Waals surface area contributed by atoms with Gasteiger partial charge in [0.1, 0.15) is 5.75 Å². The number of aromatic nitrogens is 2. The maximum absolute atomic E-state index is 12.5. The third-order valence-electron chi connectivity index (χ3n) is 4.65. The number of benzene rings is 3. The van der Waals surface area contributed by atoms with E-state index in [-0.39, 0.29) is 5.91 Å². The number of hydrogen-bond acceptors (Lipinski definition) is 4. The van der Waals surface area contributed by atoms with E-state index in [2.05, 4.69) is 40.0 Å². The van der Waals surface area contributed by atoms with Crippen LogP contribution in [0.1, 0.15) is 6.92 Å². The van der Waals surface area contributed by atoms with Crippen molar-refractivity contribution in [2.24, 2.45) is 0 Å². The normalized spacial score (nSPS) is 11.9. The predicted molar refractivity (Wildman–Crippen MR) is 118 cm³/mol. The second-order valence-electron chi connectivity index (χ2n) is 6.60. The van der Waals surface area contributed by atoms with E-state index >= 15 is 0 Å². The maximum Gasteiger partial charge on any atom is 0.266 e. The average Bonchev–Trinajstić information content (AvgIpc) is 3.16. The van der Waals surface area contributed by atoms with Crippen molar-refractivity contribution in [3.05, 3.63) is 72.8 Å². The van der Waals surface area contributed by atoms with Crippen molar-refractivity contribution in [1.82, 2.24) is 10.2 Å². The summed E-state index contributed by atoms with van der Waals surface area (Å²) < 4.78 is 5.69. The number of ether oxygens (including phenoxy) is 1. The van der Waals surface area contributed by atoms with Gasteiger partial charge < -0.3 is 10.1 Å². The summed E-state index contributed by atoms with van der Waals surface area (Å²) in [5.41, 5.74) is 3.14. The summed E-state index contributed by atoms with van der Waals surface area (Å²) in [6.45, 7) is 1.72. The highest BCUT2D eigenvalue weighted by Gasteiger charge is 2.18. The molecule has 4 rings (SSSR count). The second-order valence-corrected chi connectivity index (χ2v) is 7.44. The van der Waals surface area contributed by atoms with Crippen LogP contribution in [0.25, 0.3) is 22.0 Å². The van der Waals surface area contributed by atoms with Crippen LogP contribution < -0.4 is 10.1 Å². The van der Waals surface area contributed by atoms with Crippen molar-refractivity contribution in [2.45, 2.75) is 17.9 Å². The van der Waals surface area contributed by atoms with Crippen molar-refractivity contribution < 1.29 is 9.53 Å². The number of anilines is 1. The smallest absolute Gasteiger partial charge is 0.266 e. The topological polar surface area (TPSA) is 67.0 Å². The zero-order valence-corrected chi connectivity index (χ0v) is 17.0. The molecule has 2 N–H and O–H groups in total. The molecule has 0 aliphatic rings. The Labute approximate surface area is 173 Å². The van der Waals surface area contributed by atoms with Gasteiger partial charge in [0.15, 0.2) is 11.9 Å². The first-order valence-electron chi connectivity index (χ1n) is 9.30. The number of nitrogens with one attached hydrogen (secondary N) is 2. The van der Waals surface area contributed by atoms with Crippen LogP contribution in [-0.2, 0) is 4.79 Å². The van der Waals surface area contributed by atoms with E-state index in [0.717, 1.165) is 16.5 Å². The fourth-order valence-corrected chi connectivity index (χ4v) is 3.76. The Hall–Kier alpha value is -3.25. The average molecular weight is 404 g/mol. The summed E-state index contributed by atoms with van der Waals surface area (Å²) in [6.07, 6.45) is 1.43. The van der Waals surface area contributed by atoms with Crippen molar-refractivity contribution >= 4 is 34.4 Å². The first-order valence-corrected chi connectivity index (χ1v) is 10.5. The highest BCUT2D eigenvalue weighted by molar-refractivity contribution is 7.98. The van der Waals surface area contributed by atoms with Crippen LogP contribution in [0.4, 0.5) is 5.82 Å². The largest absolute Gasteiger partial charge is 0.481 e. The van der Waals surface area contributed by atoms with Crippen LogP contribution in [-0.4, -0.2) is 28.5 Å². The fraction of sp³-hybridized carbons (Fsp3) is 0.130. The molecule has 0 fully saturated rings. The minimum Gasteiger partial charge on any atom is -0.481 e. The molecular formula is C23H21N3O2S. The number of amides is 1. The third kappa shape index (κ3) is 4.12. The van der Waals surface area contributed by atoms with Crippen molar-refractivity contribution in [2.75, 3.05) is 11.6 Å². The van der Waals surface area contributed by atoms with E-state index in [0.29, 0.717) is 11.6 Å². The standard InChI is InChI=1S/C23H21N3O2S/c1-15(28-17-8-4-3-5-9-17)23(27)24-22-19-13-12-16(14-20(19)25-26-22)18-10-6-7-11-21(18)29-2/h3-15H,1-2H3,(H2,24,25,26,27). The number of rotatable bonds is 6. The van der Waals surface area contributed by atoms with Gasteiger partial charge in [-0.3, -0.25) is 9.89 Å². The number of carbonyl (C=O) groups is 1. The van der Waals surface area contributed by atoms with Gasteiger partial charge in [0, 0.05) is 10.3 Å². The van der Waals surface area contributed by atoms with E-state index in [1.165, 1.54) is 10.5 Å². The van der Waals surface area contributed by atoms with Crippen LogP contribution in [0.15, 0.2) is 77.7 Å². The van der Waals surface area contributed by atoms with E-state index in [1.807, 2.05) is 54.6 Å². The van der Waals surface area contributed by atoms with Gasteiger partial charge in [-0.25, -0.2) is 0 Å². The molecule has 5 nitrogen and oxygen atoms in total. The zero-order valence-electron chi connectivity index (χ0n) is 16.2. The van der Waals surface area contributed by atoms with Gasteiger partial charge in [0.2, 0.25) is 0 Å². The van der Waals surface area contributed by atoms with Crippen molar-refractivity contribution in [3.8, 4) is 16.9 Å². The molecule has 1 aromatic heterocycles. The summed E-state index contributed by atoms with van der Waals surface area (Å²) >= 11 is 1.72. The van der Waals surface area contributed by atoms with Crippen LogP contribution in [0.5, 0.6) is 5.75 Å². The number of nitrogens with zero attached hydrogens (tertiary/aromatic N) is 1. The van der Waals surface area contributed by atoms with E-state index in [9.17, 15) is 4.79 Å². The highest BCUT2D eigenvalue weighted by Crippen LogP contribution is 2.32. The SMILES string of the molecule is CSc1ccccc1-c1ccc2c(NC(=O)C(C)Oc3ccccc3)n[nH]c2c1. The summed E-state index contributed by atoms with van der Waals surface area (Å²) in [6, 6.07) is 23.6. The Bertz CT molecular complexity index is 1140. The van der Waals surface area contributed by atoms with Crippen molar-refractivity contribution in [1.29, 1.82) is 0 Å². The molecule has 1 heterocycles. The highest BCUT2D eigenvalue weighted by atomic mass is 32.2. The quantitative estimate of drug-likeness (QED) is 0.426. The summed E-state index contributed by atoms with van der Waals surface area (Å²) in [7, 11) is 0. The number of fused-ring (bicyclic) bond motifs is 1. The zero-order chi connectivity index (χ0) is 20.2. The molecule has 0 saturated carbocycles. The lowest BCUT2D eigenvalue weighted by Crippen LogP contribution is -2.30. The minimum absolute atomic E-state index is 0.251. The Kier molecular flexibility index (Phi) is 5.53. The number of para-hydroxylation sites is 1. The van der Waals surface area contributed by atoms with Gasteiger partial charge in [-0.05, 0) is 54.6 Å². The molecule has 6 heteroatoms. The Morgan fingerprint density at radius 3 is 2.62 bits per heavy atom. The summed E-state index contributed by atoms with van der Waals surface area (Å²) in [5.74, 6) is 0.899. The summed E-state index contributed by atoms with van der Waals surface area (Å²) in [5, 5.41) is 11.0. The Balaban J connectivity index is 1.54. The van der Waals surface area contributed by atoms with E-state index in [1.54, 1.807) is 18.7 Å². The lowest BCUT2D eigenvalue weighted by molar-refractivity contribution is -0.122. The van der Waals surface area contributed by atoms with Crippen LogP contribution in [0, 0.1) is 0 Å². The molecule has 29 heavy (non-hydrogen) atoms. The monoisotopic (exact) mass is 403 g/mol. The minimum atomic E-state index is -0.642. The summed E-state index contributed by atoms with van der Waals surface area (Å²) in [4.78, 5) is 13.8. The van der Waals surface area contributed by atoms with E-state index < -0.39 is 6.10 Å². The molecule has 1 amide bonds. The van der Waals surface area contributed by atoms with Crippen LogP contribution in [0.2, 0.25) is 0 Å². The number of carbonyl (C=O) groups excluding carboxylic acids is 1. The molecule has 0 radical (unpaired) electrons. The molecule has 0 saturated heterocycles. The molecule has 0 aliphatic heterocycles. The van der Waals surface area contributed by atoms with Gasteiger partial charge in [0.25, 0.3) is 5.91 Å². The van der Waals surface area contributed by atoms with E-state index in [4.69, 9.17) is 4.74 Å². The molecule has 1 unspecified atom stereocenters. The molecule has 3 aromatic carbocycles. The van der Waals surface area contributed by atoms with Crippen molar-refractivity contribution in [3.63, 3.8) is 0 Å². The van der Waals surface area contributed by atoms with Crippen LogP contribution in [0.3, 0.4) is 0 Å². The molecule has 0 spiro atoms. The van der Waals surface area contributed by atoms with Crippen LogP contribution >= 0.6 is 11.8 Å². The maximum atomic E-state index is 12.5. The predicted octanol–water partition coefficient (Wildman–Crippen LogP) is 5.36. The molecule has 0 bridgehead atoms. The Morgan fingerprint density at radius 1 is 1.07 bits per heavy atom. The molecule has 1 atom stereocenters. The number of thioether (sulfide) groups is 1. The molecule has 4 aromatic rings. The number of aromatic amines is 1. The van der Waals surface area contributed by atoms with Gasteiger partial charge >= 0.3 is 0 Å². The molecule has 146 valence electrons. The first kappa shape index (κ1) is 19.1. The first-order chi connectivity index (χ1) is 14.2. The van der Waals surface area contributed by atoms with Gasteiger partial charge in [-0.2, -0.15) is 5.10 Å².